The molecular weight excluding hydrogens is 419 g/mol. The van der Waals surface area contributed by atoms with Crippen LogP contribution in [0.3, 0.4) is 0 Å². The zero-order valence-corrected chi connectivity index (χ0v) is 13.9. The third-order valence-corrected chi connectivity index (χ3v) is 4.42. The first kappa shape index (κ1) is 13.4. The van der Waals surface area contributed by atoms with Crippen LogP contribution in [0.25, 0.3) is 11.1 Å². The third kappa shape index (κ3) is 2.53. The predicted molar refractivity (Wildman–Crippen MR) is 87.8 cm³/mol. The summed E-state index contributed by atoms with van der Waals surface area (Å²) in [4.78, 5) is 0. The van der Waals surface area contributed by atoms with E-state index in [4.69, 9.17) is 9.47 Å². The fourth-order valence-corrected chi connectivity index (χ4v) is 3.24. The highest BCUT2D eigenvalue weighted by Gasteiger charge is 2.23. The maximum absolute atomic E-state index is 5.79. The van der Waals surface area contributed by atoms with Gasteiger partial charge in [0, 0.05) is 12.0 Å². The molecule has 0 atom stereocenters. The van der Waals surface area contributed by atoms with Crippen LogP contribution in [0.2, 0.25) is 0 Å². The summed E-state index contributed by atoms with van der Waals surface area (Å²) in [5.74, 6) is 0.954. The number of halogens is 2. The summed E-state index contributed by atoms with van der Waals surface area (Å²) in [5.41, 5.74) is 5.72. The average molecular weight is 431 g/mol. The van der Waals surface area contributed by atoms with Crippen molar-refractivity contribution in [2.75, 3.05) is 12.3 Å². The molecular formula is C15H12BrIO2. The van der Waals surface area contributed by atoms with Crippen LogP contribution in [-0.2, 0) is 11.2 Å². The van der Waals surface area contributed by atoms with E-state index in [1.807, 2.05) is 0 Å². The molecule has 0 unspecified atom stereocenters. The van der Waals surface area contributed by atoms with Crippen molar-refractivity contribution in [3.8, 4) is 16.9 Å². The van der Waals surface area contributed by atoms with Gasteiger partial charge < -0.3 is 9.47 Å². The topological polar surface area (TPSA) is 18.5 Å². The van der Waals surface area contributed by atoms with Crippen LogP contribution in [0.15, 0.2) is 36.4 Å². The lowest BCUT2D eigenvalue weighted by Gasteiger charge is -2.12. The molecule has 3 rings (SSSR count). The first-order valence-corrected chi connectivity index (χ1v) is 8.17. The van der Waals surface area contributed by atoms with Crippen molar-refractivity contribution >= 4 is 38.5 Å². The van der Waals surface area contributed by atoms with E-state index in [1.54, 1.807) is 0 Å². The maximum Gasteiger partial charge on any atom is 0.190 e. The minimum Gasteiger partial charge on any atom is -0.466 e. The highest BCUT2D eigenvalue weighted by atomic mass is 127. The molecule has 0 heterocycles. The van der Waals surface area contributed by atoms with E-state index >= 15 is 0 Å². The first-order valence-electron chi connectivity index (χ1n) is 5.97. The number of hydrogen-bond donors (Lipinski definition) is 0. The molecule has 0 saturated carbocycles. The van der Waals surface area contributed by atoms with Gasteiger partial charge in [0.15, 0.2) is 6.79 Å². The third-order valence-electron chi connectivity index (χ3n) is 3.25. The van der Waals surface area contributed by atoms with Gasteiger partial charge in [0.05, 0.1) is 3.57 Å². The molecule has 0 aliphatic heterocycles. The van der Waals surface area contributed by atoms with Crippen LogP contribution < -0.4 is 4.74 Å². The number of rotatable bonds is 4. The molecule has 0 saturated heterocycles. The SMILES string of the molecule is BrCOCOc1c(I)ccc2c1Cc1ccccc1-2. The van der Waals surface area contributed by atoms with Gasteiger partial charge in [-0.3, -0.25) is 0 Å². The van der Waals surface area contributed by atoms with Crippen LogP contribution in [0.4, 0.5) is 0 Å². The molecule has 2 aromatic rings. The molecule has 1 aliphatic rings. The molecule has 0 aromatic heterocycles. The Bertz CT molecular complexity index is 613. The lowest BCUT2D eigenvalue weighted by molar-refractivity contribution is 0.0429. The average Bonchev–Trinajstić information content (AvgIpc) is 2.80. The quantitative estimate of drug-likeness (QED) is 0.261. The van der Waals surface area contributed by atoms with E-state index < -0.39 is 0 Å². The van der Waals surface area contributed by atoms with Gasteiger partial charge in [-0.2, -0.15) is 0 Å². The van der Waals surface area contributed by atoms with Gasteiger partial charge in [0.1, 0.15) is 11.3 Å². The first-order chi connectivity index (χ1) is 9.31. The summed E-state index contributed by atoms with van der Waals surface area (Å²) in [7, 11) is 0. The largest absolute Gasteiger partial charge is 0.466 e. The zero-order chi connectivity index (χ0) is 13.2. The summed E-state index contributed by atoms with van der Waals surface area (Å²) >= 11 is 5.54. The van der Waals surface area contributed by atoms with Crippen LogP contribution in [0, 0.1) is 3.57 Å². The molecule has 0 N–H and O–H groups in total. The van der Waals surface area contributed by atoms with Gasteiger partial charge in [0.25, 0.3) is 0 Å². The minimum atomic E-state index is 0.272. The minimum absolute atomic E-state index is 0.272. The Hall–Kier alpha value is -0.590. The van der Waals surface area contributed by atoms with E-state index in [2.05, 4.69) is 74.9 Å². The van der Waals surface area contributed by atoms with Gasteiger partial charge in [-0.25, -0.2) is 0 Å². The molecule has 0 amide bonds. The van der Waals surface area contributed by atoms with E-state index in [0.29, 0.717) is 5.52 Å². The molecule has 0 radical (unpaired) electrons. The molecule has 1 aliphatic carbocycles. The highest BCUT2D eigenvalue weighted by Crippen LogP contribution is 2.43. The summed E-state index contributed by atoms with van der Waals surface area (Å²) in [6, 6.07) is 12.8. The lowest BCUT2D eigenvalue weighted by Crippen LogP contribution is -2.04. The fraction of sp³-hybridized carbons (Fsp3) is 0.200. The Balaban J connectivity index is 2.00. The monoisotopic (exact) mass is 430 g/mol. The predicted octanol–water partition coefficient (Wildman–Crippen LogP) is 4.57. The van der Waals surface area contributed by atoms with Crippen LogP contribution >= 0.6 is 38.5 Å². The van der Waals surface area contributed by atoms with Crippen molar-refractivity contribution in [3.05, 3.63) is 51.1 Å². The van der Waals surface area contributed by atoms with Gasteiger partial charge in [-0.1, -0.05) is 46.3 Å². The highest BCUT2D eigenvalue weighted by molar-refractivity contribution is 14.1. The molecule has 0 bridgehead atoms. The maximum atomic E-state index is 5.79. The number of ether oxygens (including phenoxy) is 2. The van der Waals surface area contributed by atoms with Crippen molar-refractivity contribution in [1.29, 1.82) is 0 Å². The molecule has 19 heavy (non-hydrogen) atoms. The molecule has 0 fully saturated rings. The summed E-state index contributed by atoms with van der Waals surface area (Å²) < 4.78 is 12.1. The van der Waals surface area contributed by atoms with Crippen molar-refractivity contribution in [2.24, 2.45) is 0 Å². The summed E-state index contributed by atoms with van der Waals surface area (Å²) in [5, 5.41) is 0. The molecule has 4 heteroatoms. The Labute approximate surface area is 134 Å². The number of benzene rings is 2. The lowest BCUT2D eigenvalue weighted by atomic mass is 10.1. The van der Waals surface area contributed by atoms with Gasteiger partial charge in [-0.15, -0.1) is 0 Å². The van der Waals surface area contributed by atoms with Crippen LogP contribution in [-0.4, -0.2) is 12.3 Å². The smallest absolute Gasteiger partial charge is 0.190 e. The summed E-state index contributed by atoms with van der Waals surface area (Å²) in [6.45, 7) is 0.272. The van der Waals surface area contributed by atoms with E-state index in [-0.39, 0.29) is 6.79 Å². The Morgan fingerprint density at radius 3 is 2.79 bits per heavy atom. The second-order valence-electron chi connectivity index (χ2n) is 4.31. The number of alkyl halides is 1. The number of hydrogen-bond acceptors (Lipinski definition) is 2. The Kier molecular flexibility index (Phi) is 4.10. The van der Waals surface area contributed by atoms with Crippen molar-refractivity contribution < 1.29 is 9.47 Å². The van der Waals surface area contributed by atoms with Crippen LogP contribution in [0.1, 0.15) is 11.1 Å². The number of fused-ring (bicyclic) bond motifs is 3. The molecule has 2 nitrogen and oxygen atoms in total. The fourth-order valence-electron chi connectivity index (χ4n) is 2.44. The van der Waals surface area contributed by atoms with Crippen LogP contribution in [0.5, 0.6) is 5.75 Å². The molecule has 2 aromatic carbocycles. The second kappa shape index (κ2) is 5.81. The van der Waals surface area contributed by atoms with E-state index in [0.717, 1.165) is 15.7 Å². The second-order valence-corrected chi connectivity index (χ2v) is 5.93. The van der Waals surface area contributed by atoms with Gasteiger partial charge in [-0.05, 0) is 45.3 Å². The Morgan fingerprint density at radius 2 is 1.95 bits per heavy atom. The van der Waals surface area contributed by atoms with Crippen molar-refractivity contribution in [2.45, 2.75) is 6.42 Å². The van der Waals surface area contributed by atoms with Gasteiger partial charge in [0.2, 0.25) is 0 Å². The van der Waals surface area contributed by atoms with Gasteiger partial charge >= 0.3 is 0 Å². The molecule has 98 valence electrons. The summed E-state index contributed by atoms with van der Waals surface area (Å²) in [6.07, 6.45) is 0.937. The van der Waals surface area contributed by atoms with Crippen molar-refractivity contribution in [3.63, 3.8) is 0 Å². The van der Waals surface area contributed by atoms with E-state index in [1.165, 1.54) is 22.3 Å². The normalized spacial score (nSPS) is 12.1. The van der Waals surface area contributed by atoms with Crippen molar-refractivity contribution in [1.82, 2.24) is 0 Å². The zero-order valence-electron chi connectivity index (χ0n) is 10.2. The Morgan fingerprint density at radius 1 is 1.11 bits per heavy atom. The van der Waals surface area contributed by atoms with E-state index in [9.17, 15) is 0 Å². The molecule has 0 spiro atoms. The standard InChI is InChI=1S/C15H12BrIO2/c16-8-18-9-19-15-13-7-10-3-1-2-4-11(10)12(13)5-6-14(15)17/h1-6H,7-9H2.